The Morgan fingerprint density at radius 3 is 2.67 bits per heavy atom. The third kappa shape index (κ3) is 4.75. The lowest BCUT2D eigenvalue weighted by Crippen LogP contribution is -2.27. The maximum Gasteiger partial charge on any atom is 0.262 e. The topological polar surface area (TPSA) is 77.1 Å². The highest BCUT2D eigenvalue weighted by atomic mass is 35.5. The Bertz CT molecular complexity index is 1220. The molecule has 0 unspecified atom stereocenters. The molecule has 0 aliphatic carbocycles. The number of rotatable bonds is 7. The SMILES string of the molecule is O=C(CSc1nc2ccccc2c(=O)n1Cc1ccc(Cl)cc1)NCc1ccco1. The van der Waals surface area contributed by atoms with E-state index in [9.17, 15) is 9.59 Å². The molecule has 2 aromatic heterocycles. The summed E-state index contributed by atoms with van der Waals surface area (Å²) in [5.74, 6) is 0.639. The molecule has 152 valence electrons. The molecule has 1 amide bonds. The highest BCUT2D eigenvalue weighted by Crippen LogP contribution is 2.19. The van der Waals surface area contributed by atoms with Gasteiger partial charge in [-0.2, -0.15) is 0 Å². The fourth-order valence-corrected chi connectivity index (χ4v) is 3.90. The van der Waals surface area contributed by atoms with Gasteiger partial charge in [-0.3, -0.25) is 14.2 Å². The monoisotopic (exact) mass is 439 g/mol. The second-order valence-corrected chi connectivity index (χ2v) is 7.95. The number of carbonyl (C=O) groups is 1. The average Bonchev–Trinajstić information content (AvgIpc) is 3.28. The van der Waals surface area contributed by atoms with Gasteiger partial charge in [-0.05, 0) is 42.0 Å². The summed E-state index contributed by atoms with van der Waals surface area (Å²) < 4.78 is 6.81. The van der Waals surface area contributed by atoms with Gasteiger partial charge in [-0.25, -0.2) is 4.98 Å². The molecule has 4 rings (SSSR count). The minimum atomic E-state index is -0.170. The third-order valence-corrected chi connectivity index (χ3v) is 5.68. The minimum absolute atomic E-state index is 0.131. The largest absolute Gasteiger partial charge is 0.467 e. The van der Waals surface area contributed by atoms with Crippen LogP contribution in [0.1, 0.15) is 11.3 Å². The summed E-state index contributed by atoms with van der Waals surface area (Å²) in [6.07, 6.45) is 1.56. The number of nitrogens with zero attached hydrogens (tertiary/aromatic N) is 2. The van der Waals surface area contributed by atoms with Gasteiger partial charge in [-0.15, -0.1) is 0 Å². The number of amides is 1. The van der Waals surface area contributed by atoms with Crippen LogP contribution in [0.25, 0.3) is 10.9 Å². The van der Waals surface area contributed by atoms with E-state index >= 15 is 0 Å². The first-order valence-corrected chi connectivity index (χ1v) is 10.6. The van der Waals surface area contributed by atoms with E-state index in [1.807, 2.05) is 24.3 Å². The Balaban J connectivity index is 1.57. The molecule has 6 nitrogen and oxygen atoms in total. The van der Waals surface area contributed by atoms with Crippen LogP contribution in [0.5, 0.6) is 0 Å². The Kier molecular flexibility index (Phi) is 6.21. The molecule has 0 saturated carbocycles. The average molecular weight is 440 g/mol. The molecular formula is C22H18ClN3O3S. The van der Waals surface area contributed by atoms with E-state index in [0.717, 1.165) is 5.56 Å². The number of hydrogen-bond acceptors (Lipinski definition) is 5. The van der Waals surface area contributed by atoms with Crippen molar-refractivity contribution in [1.82, 2.24) is 14.9 Å². The van der Waals surface area contributed by atoms with Crippen LogP contribution in [-0.4, -0.2) is 21.2 Å². The molecule has 0 saturated heterocycles. The predicted octanol–water partition coefficient (Wildman–Crippen LogP) is 4.10. The van der Waals surface area contributed by atoms with Crippen LogP contribution in [-0.2, 0) is 17.9 Å². The highest BCUT2D eigenvalue weighted by Gasteiger charge is 2.14. The van der Waals surface area contributed by atoms with Gasteiger partial charge in [0.2, 0.25) is 5.91 Å². The van der Waals surface area contributed by atoms with Crippen LogP contribution in [0.2, 0.25) is 5.02 Å². The van der Waals surface area contributed by atoms with Crippen molar-refractivity contribution in [2.75, 3.05) is 5.75 Å². The van der Waals surface area contributed by atoms with Crippen molar-refractivity contribution in [2.24, 2.45) is 0 Å². The number of aromatic nitrogens is 2. The molecule has 0 aliphatic heterocycles. The molecule has 0 aliphatic rings. The van der Waals surface area contributed by atoms with Crippen LogP contribution in [0.3, 0.4) is 0 Å². The highest BCUT2D eigenvalue weighted by molar-refractivity contribution is 7.99. The molecular weight excluding hydrogens is 422 g/mol. The zero-order chi connectivity index (χ0) is 20.9. The lowest BCUT2D eigenvalue weighted by atomic mass is 10.2. The van der Waals surface area contributed by atoms with E-state index in [0.29, 0.717) is 39.9 Å². The predicted molar refractivity (Wildman–Crippen MR) is 118 cm³/mol. The van der Waals surface area contributed by atoms with E-state index in [2.05, 4.69) is 10.3 Å². The molecule has 0 radical (unpaired) electrons. The summed E-state index contributed by atoms with van der Waals surface area (Å²) in [6, 6.07) is 18.1. The Morgan fingerprint density at radius 1 is 1.10 bits per heavy atom. The van der Waals surface area contributed by atoms with Crippen LogP contribution < -0.4 is 10.9 Å². The molecule has 0 fully saturated rings. The number of fused-ring (bicyclic) bond motifs is 1. The van der Waals surface area contributed by atoms with E-state index < -0.39 is 0 Å². The summed E-state index contributed by atoms with van der Waals surface area (Å²) in [5, 5.41) is 4.46. The van der Waals surface area contributed by atoms with Crippen molar-refractivity contribution in [3.8, 4) is 0 Å². The fourth-order valence-electron chi connectivity index (χ4n) is 2.95. The lowest BCUT2D eigenvalue weighted by molar-refractivity contribution is -0.118. The maximum absolute atomic E-state index is 13.1. The molecule has 2 aromatic carbocycles. The maximum atomic E-state index is 13.1. The number of nitrogens with one attached hydrogen (secondary N) is 1. The first-order chi connectivity index (χ1) is 14.6. The van der Waals surface area contributed by atoms with E-state index in [4.69, 9.17) is 16.0 Å². The van der Waals surface area contributed by atoms with Crippen molar-refractivity contribution < 1.29 is 9.21 Å². The van der Waals surface area contributed by atoms with Crippen LogP contribution in [0.15, 0.2) is 81.3 Å². The summed E-state index contributed by atoms with van der Waals surface area (Å²) in [6.45, 7) is 0.652. The molecule has 1 N–H and O–H groups in total. The van der Waals surface area contributed by atoms with Crippen molar-refractivity contribution >= 4 is 40.2 Å². The van der Waals surface area contributed by atoms with Gasteiger partial charge in [0.1, 0.15) is 5.76 Å². The van der Waals surface area contributed by atoms with Gasteiger partial charge in [0.05, 0.1) is 36.0 Å². The Labute approximate surface area is 181 Å². The molecule has 2 heterocycles. The van der Waals surface area contributed by atoms with Crippen LogP contribution >= 0.6 is 23.4 Å². The molecule has 0 bridgehead atoms. The zero-order valence-corrected chi connectivity index (χ0v) is 17.4. The van der Waals surface area contributed by atoms with Crippen molar-refractivity contribution in [3.63, 3.8) is 0 Å². The lowest BCUT2D eigenvalue weighted by Gasteiger charge is -2.13. The number of para-hydroxylation sites is 1. The zero-order valence-electron chi connectivity index (χ0n) is 15.9. The summed E-state index contributed by atoms with van der Waals surface area (Å²) in [4.78, 5) is 30.0. The van der Waals surface area contributed by atoms with Crippen molar-refractivity contribution in [2.45, 2.75) is 18.2 Å². The first kappa shape index (κ1) is 20.3. The van der Waals surface area contributed by atoms with Crippen molar-refractivity contribution in [1.29, 1.82) is 0 Å². The third-order valence-electron chi connectivity index (χ3n) is 4.45. The smallest absolute Gasteiger partial charge is 0.262 e. The van der Waals surface area contributed by atoms with E-state index in [-0.39, 0.29) is 17.2 Å². The summed E-state index contributed by atoms with van der Waals surface area (Å²) in [5.41, 5.74) is 1.38. The van der Waals surface area contributed by atoms with Crippen LogP contribution in [0, 0.1) is 0 Å². The standard InChI is InChI=1S/C22H18ClN3O3S/c23-16-9-7-15(8-10-16)13-26-21(28)18-5-1-2-6-19(18)25-22(26)30-14-20(27)24-12-17-4-3-11-29-17/h1-11H,12-14H2,(H,24,27). The van der Waals surface area contributed by atoms with Gasteiger partial charge in [0.15, 0.2) is 5.16 Å². The Morgan fingerprint density at radius 2 is 1.90 bits per heavy atom. The van der Waals surface area contributed by atoms with Gasteiger partial charge in [0, 0.05) is 5.02 Å². The van der Waals surface area contributed by atoms with Crippen LogP contribution in [0.4, 0.5) is 0 Å². The molecule has 8 heteroatoms. The number of halogens is 1. The number of carbonyl (C=O) groups excluding carboxylic acids is 1. The van der Waals surface area contributed by atoms with Gasteiger partial charge < -0.3 is 9.73 Å². The quantitative estimate of drug-likeness (QED) is 0.346. The number of furan rings is 1. The first-order valence-electron chi connectivity index (χ1n) is 9.26. The molecule has 30 heavy (non-hydrogen) atoms. The van der Waals surface area contributed by atoms with Crippen molar-refractivity contribution in [3.05, 3.63) is 93.6 Å². The molecule has 0 atom stereocenters. The number of thioether (sulfide) groups is 1. The van der Waals surface area contributed by atoms with Gasteiger partial charge in [-0.1, -0.05) is 47.6 Å². The summed E-state index contributed by atoms with van der Waals surface area (Å²) >= 11 is 7.20. The van der Waals surface area contributed by atoms with E-state index in [1.165, 1.54) is 11.8 Å². The minimum Gasteiger partial charge on any atom is -0.467 e. The number of benzene rings is 2. The van der Waals surface area contributed by atoms with E-state index in [1.54, 1.807) is 47.2 Å². The Hall–Kier alpha value is -3.03. The molecule has 4 aromatic rings. The molecule has 0 spiro atoms. The van der Waals surface area contributed by atoms with Gasteiger partial charge >= 0.3 is 0 Å². The normalized spacial score (nSPS) is 11.0. The van der Waals surface area contributed by atoms with Gasteiger partial charge in [0.25, 0.3) is 5.56 Å². The number of hydrogen-bond donors (Lipinski definition) is 1. The fraction of sp³-hybridized carbons (Fsp3) is 0.136. The summed E-state index contributed by atoms with van der Waals surface area (Å²) in [7, 11) is 0. The second-order valence-electron chi connectivity index (χ2n) is 6.57. The second kappa shape index (κ2) is 9.19.